The van der Waals surface area contributed by atoms with Crippen LogP contribution in [0.2, 0.25) is 24.2 Å². The van der Waals surface area contributed by atoms with Crippen LogP contribution in [0.5, 0.6) is 0 Å². The Morgan fingerprint density at radius 2 is 1.74 bits per heavy atom. The number of rotatable bonds is 5. The van der Waals surface area contributed by atoms with Crippen LogP contribution in [0.1, 0.15) is 48.0 Å². The Hall–Kier alpha value is -0.823. The third-order valence-electron chi connectivity index (χ3n) is 4.46. The number of nitriles is 1. The van der Waals surface area contributed by atoms with Crippen LogP contribution < -0.4 is 0 Å². The highest BCUT2D eigenvalue weighted by Gasteiger charge is 2.38. The molecule has 0 aliphatic rings. The zero-order valence-electron chi connectivity index (χ0n) is 13.8. The number of ether oxygens (including phenoxy) is 1. The summed E-state index contributed by atoms with van der Waals surface area (Å²) in [6, 6.07) is 3.32. The Morgan fingerprint density at radius 3 is 2.05 bits per heavy atom. The fraction of sp³-hybridized carbons (Fsp3) is 0.867. The van der Waals surface area contributed by atoms with E-state index in [4.69, 9.17) is 4.74 Å². The van der Waals surface area contributed by atoms with Gasteiger partial charge in [0.05, 0.1) is 19.6 Å². The molecule has 0 saturated carbocycles. The summed E-state index contributed by atoms with van der Waals surface area (Å²) in [5.74, 6) is -0.302. The van der Waals surface area contributed by atoms with Gasteiger partial charge in [-0.1, -0.05) is 39.9 Å². The predicted octanol–water partition coefficient (Wildman–Crippen LogP) is 4.37. The lowest BCUT2D eigenvalue weighted by Crippen LogP contribution is -2.40. The second kappa shape index (κ2) is 6.09. The summed E-state index contributed by atoms with van der Waals surface area (Å²) in [6.45, 7) is 16.6. The van der Waals surface area contributed by atoms with E-state index in [1.165, 1.54) is 6.92 Å². The lowest BCUT2D eigenvalue weighted by atomic mass is 9.87. The summed E-state index contributed by atoms with van der Waals surface area (Å²) in [7, 11) is -1.41. The highest BCUT2D eigenvalue weighted by molar-refractivity contribution is 6.80. The van der Waals surface area contributed by atoms with Crippen LogP contribution >= 0.6 is 0 Å². The van der Waals surface area contributed by atoms with Gasteiger partial charge in [0.15, 0.2) is 0 Å². The van der Waals surface area contributed by atoms with Gasteiger partial charge in [-0.25, -0.2) is 0 Å². The molecule has 4 heteroatoms. The third-order valence-corrected chi connectivity index (χ3v) is 10.1. The first-order chi connectivity index (χ1) is 8.33. The molecular weight excluding hydrogens is 254 g/mol. The molecule has 0 aromatic rings. The fourth-order valence-electron chi connectivity index (χ4n) is 1.71. The summed E-state index contributed by atoms with van der Waals surface area (Å²) in [4.78, 5) is 11.2. The van der Waals surface area contributed by atoms with Crippen LogP contribution in [0.15, 0.2) is 0 Å². The molecule has 0 saturated heterocycles. The molecule has 0 rings (SSSR count). The number of carbonyl (C=O) groups is 1. The number of hydrogen-bond acceptors (Lipinski definition) is 3. The molecule has 19 heavy (non-hydrogen) atoms. The van der Waals surface area contributed by atoms with Gasteiger partial charge in [-0.2, -0.15) is 5.26 Å². The molecule has 1 atom stereocenters. The summed E-state index contributed by atoms with van der Waals surface area (Å²) in [6.07, 6.45) is 0.459. The van der Waals surface area contributed by atoms with Crippen LogP contribution in [0.25, 0.3) is 0 Å². The van der Waals surface area contributed by atoms with Gasteiger partial charge < -0.3 is 4.74 Å². The first kappa shape index (κ1) is 18.2. The van der Waals surface area contributed by atoms with Gasteiger partial charge in [0.2, 0.25) is 0 Å². The van der Waals surface area contributed by atoms with Gasteiger partial charge in [-0.05, 0) is 25.3 Å². The normalized spacial score (nSPS) is 14.7. The molecule has 0 N–H and O–H groups in total. The number of nitrogens with zero attached hydrogens (tertiary/aromatic N) is 1. The molecule has 0 bridgehead atoms. The minimum absolute atomic E-state index is 0.302. The maximum Gasteiger partial charge on any atom is 0.302 e. The van der Waals surface area contributed by atoms with E-state index in [1.54, 1.807) is 0 Å². The van der Waals surface area contributed by atoms with Crippen molar-refractivity contribution < 1.29 is 9.53 Å². The average molecular weight is 283 g/mol. The zero-order valence-corrected chi connectivity index (χ0v) is 14.8. The smallest absolute Gasteiger partial charge is 0.302 e. The summed E-state index contributed by atoms with van der Waals surface area (Å²) in [5, 5.41) is 9.55. The van der Waals surface area contributed by atoms with E-state index in [-0.39, 0.29) is 12.1 Å². The highest BCUT2D eigenvalue weighted by atomic mass is 28.3. The lowest BCUT2D eigenvalue weighted by Gasteiger charge is -2.39. The maximum absolute atomic E-state index is 11.2. The van der Waals surface area contributed by atoms with Crippen molar-refractivity contribution in [3.63, 3.8) is 0 Å². The molecule has 0 aliphatic heterocycles. The molecular formula is C15H29NO2Si. The summed E-state index contributed by atoms with van der Waals surface area (Å²) < 4.78 is 5.37. The van der Waals surface area contributed by atoms with Crippen molar-refractivity contribution >= 4 is 14.0 Å². The molecule has 110 valence electrons. The van der Waals surface area contributed by atoms with E-state index < -0.39 is 13.5 Å². The number of carbonyl (C=O) groups excluding carboxylic acids is 1. The van der Waals surface area contributed by atoms with Gasteiger partial charge >= 0.3 is 5.97 Å². The fourth-order valence-corrected chi connectivity index (χ4v) is 3.44. The number of hydrogen-bond donors (Lipinski definition) is 0. The van der Waals surface area contributed by atoms with Crippen LogP contribution in [0, 0.1) is 16.7 Å². The van der Waals surface area contributed by atoms with Crippen molar-refractivity contribution in [2.75, 3.05) is 0 Å². The Labute approximate surface area is 119 Å². The zero-order chi connectivity index (χ0) is 15.5. The lowest BCUT2D eigenvalue weighted by molar-refractivity contribution is -0.150. The van der Waals surface area contributed by atoms with Crippen molar-refractivity contribution in [3.8, 4) is 6.07 Å². The quantitative estimate of drug-likeness (QED) is 0.556. The molecule has 1 unspecified atom stereocenters. The van der Waals surface area contributed by atoms with Crippen molar-refractivity contribution in [1.29, 1.82) is 5.26 Å². The summed E-state index contributed by atoms with van der Waals surface area (Å²) >= 11 is 0. The largest absolute Gasteiger partial charge is 0.461 e. The SMILES string of the molecule is CC(=O)OC(CC[Si](C)(C)C(C)(C)C)C(C)(C)C#N. The molecule has 0 fully saturated rings. The van der Waals surface area contributed by atoms with Crippen LogP contribution in [-0.4, -0.2) is 20.1 Å². The van der Waals surface area contributed by atoms with E-state index >= 15 is 0 Å². The van der Waals surface area contributed by atoms with Crippen LogP contribution in [0.3, 0.4) is 0 Å². The van der Waals surface area contributed by atoms with E-state index in [0.717, 1.165) is 12.5 Å². The summed E-state index contributed by atoms with van der Waals surface area (Å²) in [5.41, 5.74) is -0.631. The number of esters is 1. The van der Waals surface area contributed by atoms with Gasteiger partial charge in [-0.3, -0.25) is 4.79 Å². The van der Waals surface area contributed by atoms with Crippen molar-refractivity contribution in [2.45, 2.75) is 78.2 Å². The first-order valence-corrected chi connectivity index (χ1v) is 10.1. The van der Waals surface area contributed by atoms with E-state index in [2.05, 4.69) is 39.9 Å². The minimum atomic E-state index is -1.41. The van der Waals surface area contributed by atoms with Crippen molar-refractivity contribution in [1.82, 2.24) is 0 Å². The predicted molar refractivity (Wildman–Crippen MR) is 81.6 cm³/mol. The first-order valence-electron chi connectivity index (χ1n) is 6.92. The van der Waals surface area contributed by atoms with E-state index in [9.17, 15) is 10.1 Å². The average Bonchev–Trinajstić information content (AvgIpc) is 2.21. The van der Waals surface area contributed by atoms with Crippen LogP contribution in [-0.2, 0) is 9.53 Å². The topological polar surface area (TPSA) is 50.1 Å². The van der Waals surface area contributed by atoms with Gasteiger partial charge in [0, 0.05) is 6.92 Å². The third kappa shape index (κ3) is 5.36. The molecule has 0 heterocycles. The molecule has 0 aliphatic carbocycles. The van der Waals surface area contributed by atoms with Crippen LogP contribution in [0.4, 0.5) is 0 Å². The van der Waals surface area contributed by atoms with Gasteiger partial charge in [0.1, 0.15) is 6.10 Å². The molecule has 0 aromatic heterocycles. The second-order valence-electron chi connectivity index (χ2n) is 7.60. The van der Waals surface area contributed by atoms with E-state index in [1.807, 2.05) is 13.8 Å². The molecule has 0 aromatic carbocycles. The molecule has 3 nitrogen and oxygen atoms in total. The highest BCUT2D eigenvalue weighted by Crippen LogP contribution is 2.41. The Bertz CT molecular complexity index is 361. The second-order valence-corrected chi connectivity index (χ2v) is 13.4. The standard InChI is InChI=1S/C15H29NO2Si/c1-12(17)18-13(15(5,6)11-16)9-10-19(7,8)14(2,3)4/h13H,9-10H2,1-8H3. The maximum atomic E-state index is 11.2. The molecule has 0 amide bonds. The van der Waals surface area contributed by atoms with E-state index in [0.29, 0.717) is 5.04 Å². The van der Waals surface area contributed by atoms with Crippen molar-refractivity contribution in [3.05, 3.63) is 0 Å². The Morgan fingerprint density at radius 1 is 1.26 bits per heavy atom. The van der Waals surface area contributed by atoms with Gasteiger partial charge in [-0.15, -0.1) is 0 Å². The van der Waals surface area contributed by atoms with Crippen molar-refractivity contribution in [2.24, 2.45) is 5.41 Å². The van der Waals surface area contributed by atoms with Gasteiger partial charge in [0.25, 0.3) is 0 Å². The monoisotopic (exact) mass is 283 g/mol. The Balaban J connectivity index is 4.88. The Kier molecular flexibility index (Phi) is 5.82. The minimum Gasteiger partial charge on any atom is -0.461 e. The molecule has 0 radical (unpaired) electrons. The molecule has 0 spiro atoms.